The molecule has 1 N–H and O–H groups in total. The van der Waals surface area contributed by atoms with Crippen LogP contribution in [0.1, 0.15) is 48.5 Å². The third-order valence-corrected chi connectivity index (χ3v) is 11.5. The molecule has 4 nitrogen and oxygen atoms in total. The summed E-state index contributed by atoms with van der Waals surface area (Å²) in [4.78, 5) is 3.29. The van der Waals surface area contributed by atoms with Crippen LogP contribution in [0.25, 0.3) is 11.3 Å². The molecule has 0 unspecified atom stereocenters. The lowest BCUT2D eigenvalue weighted by Gasteiger charge is -2.42. The smallest absolute Gasteiger partial charge is 0.258 e. The minimum absolute atomic E-state index is 0.0287. The minimum atomic E-state index is -2.04. The molecule has 1 aromatic carbocycles. The van der Waals surface area contributed by atoms with Gasteiger partial charge in [0.15, 0.2) is 0 Å². The Bertz CT molecular complexity index is 704. The van der Waals surface area contributed by atoms with Crippen LogP contribution in [0.2, 0.25) is 16.6 Å². The fraction of sp³-hybridized carbons (Fsp3) is 0.565. The number of ether oxygens (including phenoxy) is 2. The Morgan fingerprint density at radius 1 is 0.893 bits per heavy atom. The van der Waals surface area contributed by atoms with Crippen molar-refractivity contribution in [2.75, 3.05) is 13.7 Å². The van der Waals surface area contributed by atoms with Crippen molar-refractivity contribution in [3.05, 3.63) is 36.5 Å². The highest BCUT2D eigenvalue weighted by Crippen LogP contribution is 2.44. The van der Waals surface area contributed by atoms with E-state index in [0.29, 0.717) is 23.2 Å². The zero-order valence-corrected chi connectivity index (χ0v) is 19.7. The predicted molar refractivity (Wildman–Crippen MR) is 120 cm³/mol. The van der Waals surface area contributed by atoms with Crippen molar-refractivity contribution in [3.8, 4) is 22.8 Å². The molecular weight excluding hydrogens is 366 g/mol. The number of H-pyrrole nitrogens is 1. The van der Waals surface area contributed by atoms with E-state index in [9.17, 15) is 0 Å². The highest BCUT2D eigenvalue weighted by Gasteiger charge is 2.47. The standard InChI is InChI=1S/C23H37NO3Si/c1-16(2)28(17(3)4,18(5)6)27-22-13-20(23-10-9-11-24-23)12-21(14-22)26-19(7)15-25-8/h9-14,16-19,24H,15H2,1-8H3/t19-/m0/s1. The molecule has 0 amide bonds. The zero-order chi connectivity index (χ0) is 20.9. The number of aromatic amines is 1. The van der Waals surface area contributed by atoms with Gasteiger partial charge in [-0.3, -0.25) is 0 Å². The largest absolute Gasteiger partial charge is 0.543 e. The highest BCUT2D eigenvalue weighted by molar-refractivity contribution is 6.78. The van der Waals surface area contributed by atoms with E-state index in [1.165, 1.54) is 0 Å². The summed E-state index contributed by atoms with van der Waals surface area (Å²) in [6.07, 6.45) is 1.91. The van der Waals surface area contributed by atoms with Gasteiger partial charge in [0.25, 0.3) is 8.32 Å². The lowest BCUT2D eigenvalue weighted by molar-refractivity contribution is 0.0920. The monoisotopic (exact) mass is 403 g/mol. The molecule has 2 rings (SSSR count). The Morgan fingerprint density at radius 3 is 2.00 bits per heavy atom. The van der Waals surface area contributed by atoms with Crippen molar-refractivity contribution >= 4 is 8.32 Å². The summed E-state index contributed by atoms with van der Waals surface area (Å²) >= 11 is 0. The average molecular weight is 404 g/mol. The van der Waals surface area contributed by atoms with Gasteiger partial charge in [0.1, 0.15) is 17.6 Å². The van der Waals surface area contributed by atoms with Gasteiger partial charge in [-0.2, -0.15) is 0 Å². The molecule has 0 aliphatic heterocycles. The number of methoxy groups -OCH3 is 1. The second-order valence-corrected chi connectivity index (χ2v) is 14.0. The van der Waals surface area contributed by atoms with E-state index in [0.717, 1.165) is 22.8 Å². The first-order valence-corrected chi connectivity index (χ1v) is 12.5. The molecule has 0 fully saturated rings. The van der Waals surface area contributed by atoms with Gasteiger partial charge >= 0.3 is 0 Å². The molecule has 156 valence electrons. The first-order valence-electron chi connectivity index (χ1n) is 10.3. The maximum atomic E-state index is 6.92. The normalized spacial score (nSPS) is 13.4. The number of aromatic nitrogens is 1. The summed E-state index contributed by atoms with van der Waals surface area (Å²) < 4.78 is 18.3. The van der Waals surface area contributed by atoms with Gasteiger partial charge in [0.2, 0.25) is 0 Å². The van der Waals surface area contributed by atoms with Crippen LogP contribution in [0.15, 0.2) is 36.5 Å². The SMILES string of the molecule is COC[C@H](C)Oc1cc(O[Si](C(C)C)(C(C)C)C(C)C)cc(-c2ccc[nH]2)c1. The lowest BCUT2D eigenvalue weighted by atomic mass is 10.1. The predicted octanol–water partition coefficient (Wildman–Crippen LogP) is 6.65. The van der Waals surface area contributed by atoms with Crippen LogP contribution in [0.5, 0.6) is 11.5 Å². The number of nitrogens with one attached hydrogen (secondary N) is 1. The van der Waals surface area contributed by atoms with E-state index in [-0.39, 0.29) is 6.10 Å². The van der Waals surface area contributed by atoms with Gasteiger partial charge in [0.05, 0.1) is 6.61 Å². The van der Waals surface area contributed by atoms with Crippen LogP contribution in [0, 0.1) is 0 Å². The van der Waals surface area contributed by atoms with Crippen LogP contribution in [-0.2, 0) is 4.74 Å². The van der Waals surface area contributed by atoms with E-state index >= 15 is 0 Å². The summed E-state index contributed by atoms with van der Waals surface area (Å²) in [5.41, 5.74) is 3.66. The molecule has 1 aromatic heterocycles. The van der Waals surface area contributed by atoms with Gasteiger partial charge < -0.3 is 18.9 Å². The zero-order valence-electron chi connectivity index (χ0n) is 18.7. The van der Waals surface area contributed by atoms with Gasteiger partial charge in [-0.05, 0) is 47.8 Å². The molecule has 1 heterocycles. The van der Waals surface area contributed by atoms with Crippen LogP contribution in [0.3, 0.4) is 0 Å². The number of hydrogen-bond donors (Lipinski definition) is 1. The Kier molecular flexibility index (Phi) is 7.78. The summed E-state index contributed by atoms with van der Waals surface area (Å²) in [6.45, 7) is 16.4. The third kappa shape index (κ3) is 5.00. The summed E-state index contributed by atoms with van der Waals surface area (Å²) in [7, 11) is -0.353. The van der Waals surface area contributed by atoms with Crippen molar-refractivity contribution in [1.29, 1.82) is 0 Å². The number of hydrogen-bond acceptors (Lipinski definition) is 3. The Hall–Kier alpha value is -1.72. The first kappa shape index (κ1) is 22.6. The molecule has 0 aliphatic rings. The molecule has 5 heteroatoms. The summed E-state index contributed by atoms with van der Waals surface area (Å²) in [5, 5.41) is 0. The maximum absolute atomic E-state index is 6.92. The third-order valence-electron chi connectivity index (χ3n) is 5.53. The van der Waals surface area contributed by atoms with Crippen molar-refractivity contribution in [1.82, 2.24) is 4.98 Å². The molecule has 0 saturated carbocycles. The fourth-order valence-corrected chi connectivity index (χ4v) is 9.66. The molecule has 0 spiro atoms. The van der Waals surface area contributed by atoms with Crippen molar-refractivity contribution in [2.45, 2.75) is 71.2 Å². The van der Waals surface area contributed by atoms with Crippen molar-refractivity contribution in [3.63, 3.8) is 0 Å². The van der Waals surface area contributed by atoms with Gasteiger partial charge in [-0.15, -0.1) is 0 Å². The molecule has 0 saturated heterocycles. The van der Waals surface area contributed by atoms with Crippen LogP contribution in [0.4, 0.5) is 0 Å². The summed E-state index contributed by atoms with van der Waals surface area (Å²) in [6, 6.07) is 10.3. The van der Waals surface area contributed by atoms with E-state index in [2.05, 4.69) is 64.7 Å². The molecule has 0 aliphatic carbocycles. The van der Waals surface area contributed by atoms with E-state index < -0.39 is 8.32 Å². The summed E-state index contributed by atoms with van der Waals surface area (Å²) in [5.74, 6) is 1.71. The molecular formula is C23H37NO3Si. The van der Waals surface area contributed by atoms with Crippen LogP contribution in [-0.4, -0.2) is 33.1 Å². The number of rotatable bonds is 10. The quantitative estimate of drug-likeness (QED) is 0.452. The molecule has 0 bridgehead atoms. The van der Waals surface area contributed by atoms with Crippen LogP contribution < -0.4 is 9.16 Å². The second kappa shape index (κ2) is 9.66. The van der Waals surface area contributed by atoms with Gasteiger partial charge in [0, 0.05) is 30.6 Å². The maximum Gasteiger partial charge on any atom is 0.258 e. The number of benzene rings is 1. The Labute approximate surface area is 171 Å². The van der Waals surface area contributed by atoms with E-state index in [1.807, 2.05) is 25.3 Å². The van der Waals surface area contributed by atoms with E-state index in [4.69, 9.17) is 13.9 Å². The van der Waals surface area contributed by atoms with Crippen molar-refractivity contribution in [2.24, 2.45) is 0 Å². The molecule has 28 heavy (non-hydrogen) atoms. The minimum Gasteiger partial charge on any atom is -0.543 e. The fourth-order valence-electron chi connectivity index (χ4n) is 4.42. The lowest BCUT2D eigenvalue weighted by Crippen LogP contribution is -2.50. The topological polar surface area (TPSA) is 43.5 Å². The molecule has 2 aromatic rings. The van der Waals surface area contributed by atoms with Crippen LogP contribution >= 0.6 is 0 Å². The Balaban J connectivity index is 2.48. The van der Waals surface area contributed by atoms with Gasteiger partial charge in [-0.25, -0.2) is 0 Å². The highest BCUT2D eigenvalue weighted by atomic mass is 28.4. The molecule has 0 radical (unpaired) electrons. The van der Waals surface area contributed by atoms with E-state index in [1.54, 1.807) is 7.11 Å². The van der Waals surface area contributed by atoms with Gasteiger partial charge in [-0.1, -0.05) is 41.5 Å². The second-order valence-electron chi connectivity index (χ2n) is 8.58. The first-order chi connectivity index (χ1) is 13.2. The van der Waals surface area contributed by atoms with Crippen molar-refractivity contribution < 1.29 is 13.9 Å². The molecule has 1 atom stereocenters. The average Bonchev–Trinajstić information content (AvgIpc) is 3.13. The Morgan fingerprint density at radius 2 is 1.50 bits per heavy atom.